The maximum absolute atomic E-state index is 12.6. The van der Waals surface area contributed by atoms with E-state index in [9.17, 15) is 13.2 Å². The zero-order chi connectivity index (χ0) is 18.0. The molecule has 0 fully saturated rings. The van der Waals surface area contributed by atoms with Crippen LogP contribution < -0.4 is 10.1 Å². The molecule has 0 aliphatic carbocycles. The summed E-state index contributed by atoms with van der Waals surface area (Å²) in [7, 11) is -1.68. The van der Waals surface area contributed by atoms with Crippen molar-refractivity contribution in [1.82, 2.24) is 0 Å². The van der Waals surface area contributed by atoms with E-state index in [2.05, 4.69) is 5.32 Å². The van der Waals surface area contributed by atoms with E-state index in [4.69, 9.17) is 4.74 Å². The maximum Gasteiger partial charge on any atom is 0.256 e. The van der Waals surface area contributed by atoms with Gasteiger partial charge in [0, 0.05) is 22.9 Å². The molecule has 0 aromatic heterocycles. The number of benzene rings is 3. The van der Waals surface area contributed by atoms with Crippen molar-refractivity contribution in [2.45, 2.75) is 4.90 Å². The van der Waals surface area contributed by atoms with Crippen molar-refractivity contribution in [1.29, 1.82) is 0 Å². The first-order valence-corrected chi connectivity index (χ1v) is 9.46. The van der Waals surface area contributed by atoms with Crippen molar-refractivity contribution in [3.05, 3.63) is 66.2 Å². The molecule has 3 aromatic carbocycles. The monoisotopic (exact) mass is 355 g/mol. The summed E-state index contributed by atoms with van der Waals surface area (Å²) in [6.07, 6.45) is 1.14. The van der Waals surface area contributed by atoms with Gasteiger partial charge in [-0.15, -0.1) is 0 Å². The van der Waals surface area contributed by atoms with E-state index >= 15 is 0 Å². The van der Waals surface area contributed by atoms with Crippen molar-refractivity contribution in [3.63, 3.8) is 0 Å². The molecule has 0 bridgehead atoms. The van der Waals surface area contributed by atoms with E-state index in [0.717, 1.165) is 17.0 Å². The number of nitrogens with one attached hydrogen (secondary N) is 1. The third kappa shape index (κ3) is 3.49. The van der Waals surface area contributed by atoms with Crippen molar-refractivity contribution in [3.8, 4) is 5.75 Å². The van der Waals surface area contributed by atoms with Gasteiger partial charge < -0.3 is 10.1 Å². The van der Waals surface area contributed by atoms with Crippen molar-refractivity contribution in [2.24, 2.45) is 0 Å². The molecule has 1 N–H and O–H groups in total. The molecule has 3 rings (SSSR count). The van der Waals surface area contributed by atoms with Crippen molar-refractivity contribution < 1.29 is 17.9 Å². The minimum atomic E-state index is -3.26. The van der Waals surface area contributed by atoms with E-state index in [1.165, 1.54) is 12.1 Å². The molecule has 25 heavy (non-hydrogen) atoms. The molecule has 1 amide bonds. The molecule has 0 spiro atoms. The molecule has 3 aromatic rings. The maximum atomic E-state index is 12.6. The fraction of sp³-hybridized carbons (Fsp3) is 0.105. The lowest BCUT2D eigenvalue weighted by atomic mass is 10.0. The van der Waals surface area contributed by atoms with Gasteiger partial charge in [0.05, 0.1) is 12.0 Å². The molecule has 5 nitrogen and oxygen atoms in total. The summed E-state index contributed by atoms with van der Waals surface area (Å²) >= 11 is 0. The summed E-state index contributed by atoms with van der Waals surface area (Å²) in [6.45, 7) is 0. The number of methoxy groups -OCH3 is 1. The Kier molecular flexibility index (Phi) is 4.46. The fourth-order valence-electron chi connectivity index (χ4n) is 2.63. The van der Waals surface area contributed by atoms with Gasteiger partial charge in [-0.1, -0.05) is 24.3 Å². The molecule has 0 unspecified atom stereocenters. The van der Waals surface area contributed by atoms with Gasteiger partial charge >= 0.3 is 0 Å². The largest absolute Gasteiger partial charge is 0.496 e. The molecule has 6 heteroatoms. The first kappa shape index (κ1) is 17.0. The molecule has 0 aliphatic heterocycles. The lowest BCUT2D eigenvalue weighted by Crippen LogP contribution is -2.12. The van der Waals surface area contributed by atoms with Crippen LogP contribution in [0.5, 0.6) is 5.75 Å². The number of ether oxygens (including phenoxy) is 1. The molecule has 0 heterocycles. The van der Waals surface area contributed by atoms with Crippen LogP contribution in [0.25, 0.3) is 10.8 Å². The lowest BCUT2D eigenvalue weighted by Gasteiger charge is -2.11. The Balaban J connectivity index is 1.93. The Morgan fingerprint density at radius 3 is 2.16 bits per heavy atom. The van der Waals surface area contributed by atoms with Gasteiger partial charge in [0.15, 0.2) is 9.84 Å². The Morgan fingerprint density at radius 2 is 1.56 bits per heavy atom. The number of carbonyl (C=O) groups excluding carboxylic acids is 1. The highest BCUT2D eigenvalue weighted by Gasteiger charge is 2.13. The van der Waals surface area contributed by atoms with Gasteiger partial charge in [-0.25, -0.2) is 8.42 Å². The normalized spacial score (nSPS) is 11.3. The van der Waals surface area contributed by atoms with Crippen LogP contribution in [-0.2, 0) is 9.84 Å². The van der Waals surface area contributed by atoms with Crippen molar-refractivity contribution >= 4 is 32.2 Å². The highest BCUT2D eigenvalue weighted by atomic mass is 32.2. The molecule has 0 atom stereocenters. The average Bonchev–Trinajstić information content (AvgIpc) is 2.60. The summed E-state index contributed by atoms with van der Waals surface area (Å²) in [5.41, 5.74) is 1.04. The van der Waals surface area contributed by atoms with Crippen molar-refractivity contribution in [2.75, 3.05) is 18.7 Å². The molecule has 0 saturated carbocycles. The number of hydrogen-bond donors (Lipinski definition) is 1. The Hall–Kier alpha value is -2.86. The van der Waals surface area contributed by atoms with E-state index < -0.39 is 9.84 Å². The number of carbonyl (C=O) groups is 1. The third-order valence-corrected chi connectivity index (χ3v) is 5.02. The molecule has 0 saturated heterocycles. The van der Waals surface area contributed by atoms with E-state index in [0.29, 0.717) is 17.0 Å². The number of rotatable bonds is 4. The van der Waals surface area contributed by atoms with Crippen LogP contribution in [0.1, 0.15) is 10.4 Å². The van der Waals surface area contributed by atoms with Gasteiger partial charge in [-0.2, -0.15) is 0 Å². The second kappa shape index (κ2) is 6.57. The highest BCUT2D eigenvalue weighted by molar-refractivity contribution is 7.90. The van der Waals surface area contributed by atoms with Gasteiger partial charge in [-0.05, 0) is 41.8 Å². The second-order valence-electron chi connectivity index (χ2n) is 5.61. The zero-order valence-corrected chi connectivity index (χ0v) is 14.6. The van der Waals surface area contributed by atoms with Crippen LogP contribution in [0.15, 0.2) is 65.6 Å². The Bertz CT molecular complexity index is 1040. The minimum Gasteiger partial charge on any atom is -0.496 e. The smallest absolute Gasteiger partial charge is 0.256 e. The van der Waals surface area contributed by atoms with Crippen LogP contribution in [-0.4, -0.2) is 27.7 Å². The predicted molar refractivity (Wildman–Crippen MR) is 98.0 cm³/mol. The summed E-state index contributed by atoms with van der Waals surface area (Å²) in [5.74, 6) is 0.426. The first-order chi connectivity index (χ1) is 11.9. The summed E-state index contributed by atoms with van der Waals surface area (Å²) in [5, 5.41) is 4.43. The van der Waals surface area contributed by atoms with Gasteiger partial charge in [0.1, 0.15) is 5.75 Å². The standard InChI is InChI=1S/C19H17NO4S/c1-24-18-12-11-17(15-5-3-4-6-16(15)18)19(21)20-13-7-9-14(10-8-13)25(2,22)23/h3-12H,1-2H3,(H,20,21). The molecular formula is C19H17NO4S. The number of amides is 1. The van der Waals surface area contributed by atoms with Crippen LogP contribution in [0.4, 0.5) is 5.69 Å². The average molecular weight is 355 g/mol. The zero-order valence-electron chi connectivity index (χ0n) is 13.8. The molecular weight excluding hydrogens is 338 g/mol. The van der Waals surface area contributed by atoms with E-state index in [1.54, 1.807) is 31.4 Å². The van der Waals surface area contributed by atoms with Gasteiger partial charge in [0.2, 0.25) is 0 Å². The number of fused-ring (bicyclic) bond motifs is 1. The topological polar surface area (TPSA) is 72.5 Å². The second-order valence-corrected chi connectivity index (χ2v) is 7.63. The number of hydrogen-bond acceptors (Lipinski definition) is 4. The number of sulfone groups is 1. The predicted octanol–water partition coefficient (Wildman–Crippen LogP) is 3.50. The van der Waals surface area contributed by atoms with Gasteiger partial charge in [-0.3, -0.25) is 4.79 Å². The molecule has 0 aliphatic rings. The fourth-order valence-corrected chi connectivity index (χ4v) is 3.26. The quantitative estimate of drug-likeness (QED) is 0.777. The highest BCUT2D eigenvalue weighted by Crippen LogP contribution is 2.28. The Morgan fingerprint density at radius 1 is 0.920 bits per heavy atom. The minimum absolute atomic E-state index is 0.209. The lowest BCUT2D eigenvalue weighted by molar-refractivity contribution is 0.102. The number of anilines is 1. The first-order valence-electron chi connectivity index (χ1n) is 7.57. The van der Waals surface area contributed by atoms with E-state index in [1.807, 2.05) is 24.3 Å². The van der Waals surface area contributed by atoms with Crippen LogP contribution in [0.2, 0.25) is 0 Å². The summed E-state index contributed by atoms with van der Waals surface area (Å²) in [4.78, 5) is 12.8. The Labute approximate surface area is 146 Å². The van der Waals surface area contributed by atoms with Crippen LogP contribution in [0.3, 0.4) is 0 Å². The van der Waals surface area contributed by atoms with E-state index in [-0.39, 0.29) is 10.8 Å². The molecule has 0 radical (unpaired) electrons. The van der Waals surface area contributed by atoms with Crippen LogP contribution >= 0.6 is 0 Å². The third-order valence-electron chi connectivity index (χ3n) is 3.89. The molecule has 128 valence electrons. The van der Waals surface area contributed by atoms with Crippen LogP contribution in [0, 0.1) is 0 Å². The van der Waals surface area contributed by atoms with Gasteiger partial charge in [0.25, 0.3) is 5.91 Å². The summed E-state index contributed by atoms with van der Waals surface area (Å²) in [6, 6.07) is 17.0. The SMILES string of the molecule is COc1ccc(C(=O)Nc2ccc(S(C)(=O)=O)cc2)c2ccccc12. The summed E-state index contributed by atoms with van der Waals surface area (Å²) < 4.78 is 28.3.